The second-order valence-corrected chi connectivity index (χ2v) is 6.07. The number of hydrogen-bond acceptors (Lipinski definition) is 3. The largest absolute Gasteiger partial charge is 0.480 e. The summed E-state index contributed by atoms with van der Waals surface area (Å²) in [7, 11) is 0. The minimum Gasteiger partial charge on any atom is -0.480 e. The summed E-state index contributed by atoms with van der Waals surface area (Å²) in [5.41, 5.74) is 0.605. The minimum atomic E-state index is -0.970. The standard InChI is InChI=1S/C16H19ClN4O3/c1-10(2)14(15-18-7-8-21(15)9-13(22)23)20-16(24)19-12-5-3-11(17)4-6-12/h3-8,10,14H,9H2,1-2H3,(H,22,23)(H2,19,20,24). The number of carbonyl (C=O) groups is 2. The van der Waals surface area contributed by atoms with Gasteiger partial charge in [0.2, 0.25) is 0 Å². The number of anilines is 1. The van der Waals surface area contributed by atoms with E-state index in [9.17, 15) is 9.59 Å². The Bertz CT molecular complexity index is 712. The third-order valence-electron chi connectivity index (χ3n) is 3.39. The van der Waals surface area contributed by atoms with Gasteiger partial charge in [-0.25, -0.2) is 9.78 Å². The molecule has 0 fully saturated rings. The molecular weight excluding hydrogens is 332 g/mol. The molecule has 1 aromatic carbocycles. The number of halogens is 1. The van der Waals surface area contributed by atoms with Crippen LogP contribution in [0.4, 0.5) is 10.5 Å². The Kier molecular flexibility index (Phi) is 5.81. The zero-order valence-corrected chi connectivity index (χ0v) is 14.1. The number of rotatable bonds is 6. The first-order valence-corrected chi connectivity index (χ1v) is 7.80. The summed E-state index contributed by atoms with van der Waals surface area (Å²) < 4.78 is 1.51. The number of imidazole rings is 1. The van der Waals surface area contributed by atoms with Crippen LogP contribution in [0.25, 0.3) is 0 Å². The Hall–Kier alpha value is -2.54. The predicted octanol–water partition coefficient (Wildman–Crippen LogP) is 3.14. The van der Waals surface area contributed by atoms with E-state index in [4.69, 9.17) is 16.7 Å². The third-order valence-corrected chi connectivity index (χ3v) is 3.64. The van der Waals surface area contributed by atoms with E-state index in [1.165, 1.54) is 10.8 Å². The zero-order chi connectivity index (χ0) is 17.7. The monoisotopic (exact) mass is 350 g/mol. The topological polar surface area (TPSA) is 96.3 Å². The minimum absolute atomic E-state index is 0.0240. The Balaban J connectivity index is 2.11. The number of urea groups is 1. The number of nitrogens with zero attached hydrogens (tertiary/aromatic N) is 2. The van der Waals surface area contributed by atoms with Gasteiger partial charge in [-0.15, -0.1) is 0 Å². The molecule has 8 heteroatoms. The summed E-state index contributed by atoms with van der Waals surface area (Å²) in [5.74, 6) is -0.447. The number of carboxylic acid groups (broad SMARTS) is 1. The molecule has 0 radical (unpaired) electrons. The van der Waals surface area contributed by atoms with Crippen LogP contribution in [0.2, 0.25) is 5.02 Å². The van der Waals surface area contributed by atoms with Gasteiger partial charge in [0.15, 0.2) is 0 Å². The SMILES string of the molecule is CC(C)C(NC(=O)Nc1ccc(Cl)cc1)c1nccn1CC(=O)O. The molecule has 0 aliphatic rings. The summed E-state index contributed by atoms with van der Waals surface area (Å²) in [6.45, 7) is 3.64. The molecule has 0 aliphatic carbocycles. The quantitative estimate of drug-likeness (QED) is 0.745. The van der Waals surface area contributed by atoms with Gasteiger partial charge in [-0.05, 0) is 30.2 Å². The Morgan fingerprint density at radius 1 is 1.29 bits per heavy atom. The number of aliphatic carboxylic acids is 1. The van der Waals surface area contributed by atoms with E-state index in [1.54, 1.807) is 30.5 Å². The maximum Gasteiger partial charge on any atom is 0.323 e. The average molecular weight is 351 g/mol. The fourth-order valence-corrected chi connectivity index (χ4v) is 2.38. The first kappa shape index (κ1) is 17.8. The first-order valence-electron chi connectivity index (χ1n) is 7.42. The number of benzene rings is 1. The molecule has 1 heterocycles. The fraction of sp³-hybridized carbons (Fsp3) is 0.312. The van der Waals surface area contributed by atoms with Crippen molar-refractivity contribution in [3.8, 4) is 0 Å². The Morgan fingerprint density at radius 2 is 1.96 bits per heavy atom. The summed E-state index contributed by atoms with van der Waals surface area (Å²) in [6, 6.07) is 5.91. The molecule has 0 aliphatic heterocycles. The highest BCUT2D eigenvalue weighted by atomic mass is 35.5. The second-order valence-electron chi connectivity index (χ2n) is 5.63. The highest BCUT2D eigenvalue weighted by Crippen LogP contribution is 2.21. The molecule has 1 atom stereocenters. The maximum atomic E-state index is 12.2. The fourth-order valence-electron chi connectivity index (χ4n) is 2.25. The van der Waals surface area contributed by atoms with E-state index in [0.29, 0.717) is 16.5 Å². The Morgan fingerprint density at radius 3 is 2.54 bits per heavy atom. The zero-order valence-electron chi connectivity index (χ0n) is 13.4. The summed E-state index contributed by atoms with van der Waals surface area (Å²) in [4.78, 5) is 27.4. The van der Waals surface area contributed by atoms with E-state index in [-0.39, 0.29) is 12.5 Å². The van der Waals surface area contributed by atoms with Gasteiger partial charge in [0.25, 0.3) is 0 Å². The van der Waals surface area contributed by atoms with Crippen LogP contribution >= 0.6 is 11.6 Å². The van der Waals surface area contributed by atoms with E-state index >= 15 is 0 Å². The van der Waals surface area contributed by atoms with Gasteiger partial charge in [0, 0.05) is 23.1 Å². The summed E-state index contributed by atoms with van der Waals surface area (Å²) >= 11 is 5.81. The number of aromatic nitrogens is 2. The van der Waals surface area contributed by atoms with Gasteiger partial charge < -0.3 is 20.3 Å². The van der Waals surface area contributed by atoms with Crippen molar-refractivity contribution in [3.63, 3.8) is 0 Å². The van der Waals surface area contributed by atoms with Gasteiger partial charge >= 0.3 is 12.0 Å². The smallest absolute Gasteiger partial charge is 0.323 e. The van der Waals surface area contributed by atoms with Crippen molar-refractivity contribution in [1.82, 2.24) is 14.9 Å². The summed E-state index contributed by atoms with van der Waals surface area (Å²) in [6.07, 6.45) is 3.10. The maximum absolute atomic E-state index is 12.2. The molecule has 1 unspecified atom stereocenters. The normalized spacial score (nSPS) is 12.0. The lowest BCUT2D eigenvalue weighted by atomic mass is 10.0. The molecule has 1 aromatic heterocycles. The number of hydrogen-bond donors (Lipinski definition) is 3. The van der Waals surface area contributed by atoms with Crippen LogP contribution in [-0.4, -0.2) is 26.7 Å². The van der Waals surface area contributed by atoms with Gasteiger partial charge in [-0.3, -0.25) is 4.79 Å². The van der Waals surface area contributed by atoms with Gasteiger partial charge in [-0.1, -0.05) is 25.4 Å². The lowest BCUT2D eigenvalue weighted by molar-refractivity contribution is -0.137. The highest BCUT2D eigenvalue weighted by Gasteiger charge is 2.23. The van der Waals surface area contributed by atoms with E-state index in [1.807, 2.05) is 13.8 Å². The third kappa shape index (κ3) is 4.73. The van der Waals surface area contributed by atoms with Crippen LogP contribution in [-0.2, 0) is 11.3 Å². The van der Waals surface area contributed by atoms with E-state index in [2.05, 4.69) is 15.6 Å². The van der Waals surface area contributed by atoms with E-state index in [0.717, 1.165) is 0 Å². The van der Waals surface area contributed by atoms with Crippen molar-refractivity contribution in [3.05, 3.63) is 47.5 Å². The van der Waals surface area contributed by atoms with Crippen LogP contribution in [0.15, 0.2) is 36.7 Å². The molecule has 3 N–H and O–H groups in total. The van der Waals surface area contributed by atoms with Crippen LogP contribution in [0.5, 0.6) is 0 Å². The van der Waals surface area contributed by atoms with Crippen molar-refractivity contribution in [1.29, 1.82) is 0 Å². The molecule has 2 amide bonds. The highest BCUT2D eigenvalue weighted by molar-refractivity contribution is 6.30. The second kappa shape index (κ2) is 7.83. The van der Waals surface area contributed by atoms with Gasteiger partial charge in [0.1, 0.15) is 12.4 Å². The van der Waals surface area contributed by atoms with Crippen molar-refractivity contribution < 1.29 is 14.7 Å². The van der Waals surface area contributed by atoms with Gasteiger partial charge in [0.05, 0.1) is 6.04 Å². The molecule has 128 valence electrons. The molecule has 0 saturated carbocycles. The summed E-state index contributed by atoms with van der Waals surface area (Å²) in [5, 5.41) is 15.1. The molecule has 2 aromatic rings. The van der Waals surface area contributed by atoms with Crippen molar-refractivity contribution in [2.24, 2.45) is 5.92 Å². The van der Waals surface area contributed by atoms with Crippen LogP contribution in [0, 0.1) is 5.92 Å². The number of carbonyl (C=O) groups excluding carboxylic acids is 1. The van der Waals surface area contributed by atoms with Crippen LogP contribution < -0.4 is 10.6 Å². The average Bonchev–Trinajstić information content (AvgIpc) is 2.94. The molecule has 24 heavy (non-hydrogen) atoms. The first-order chi connectivity index (χ1) is 11.4. The number of nitrogens with one attached hydrogen (secondary N) is 2. The molecular formula is C16H19ClN4O3. The molecule has 0 spiro atoms. The molecule has 0 bridgehead atoms. The van der Waals surface area contributed by atoms with E-state index < -0.39 is 18.0 Å². The number of carboxylic acids is 1. The number of amides is 2. The van der Waals surface area contributed by atoms with Crippen molar-refractivity contribution >= 4 is 29.3 Å². The Labute approximate surface area is 144 Å². The van der Waals surface area contributed by atoms with Crippen LogP contribution in [0.1, 0.15) is 25.7 Å². The molecule has 2 rings (SSSR count). The van der Waals surface area contributed by atoms with Crippen molar-refractivity contribution in [2.45, 2.75) is 26.4 Å². The van der Waals surface area contributed by atoms with Crippen LogP contribution in [0.3, 0.4) is 0 Å². The molecule has 0 saturated heterocycles. The lowest BCUT2D eigenvalue weighted by Crippen LogP contribution is -2.37. The van der Waals surface area contributed by atoms with Gasteiger partial charge in [-0.2, -0.15) is 0 Å². The predicted molar refractivity (Wildman–Crippen MR) is 91.0 cm³/mol. The lowest BCUT2D eigenvalue weighted by Gasteiger charge is -2.23. The van der Waals surface area contributed by atoms with Crippen molar-refractivity contribution in [2.75, 3.05) is 5.32 Å². The molecule has 7 nitrogen and oxygen atoms in total.